The highest BCUT2D eigenvalue weighted by atomic mass is 32.1. The predicted octanol–water partition coefficient (Wildman–Crippen LogP) is 3.88. The zero-order chi connectivity index (χ0) is 34.4. The summed E-state index contributed by atoms with van der Waals surface area (Å²) in [6, 6.07) is 8.23. The van der Waals surface area contributed by atoms with Gasteiger partial charge in [0, 0.05) is 23.9 Å². The van der Waals surface area contributed by atoms with Gasteiger partial charge >= 0.3 is 12.1 Å². The second-order valence-electron chi connectivity index (χ2n) is 11.1. The van der Waals surface area contributed by atoms with Gasteiger partial charge in [0.1, 0.15) is 24.0 Å². The number of aliphatic hydroxyl groups excluding tert-OH is 1. The Hall–Kier alpha value is -5.02. The Morgan fingerprint density at radius 2 is 2.04 bits per heavy atom. The number of aromatic nitrogens is 1. The number of amides is 1. The molecule has 2 atom stereocenters. The van der Waals surface area contributed by atoms with Crippen LogP contribution < -0.4 is 30.3 Å². The average molecular weight is 672 g/mol. The van der Waals surface area contributed by atoms with Gasteiger partial charge in [-0.05, 0) is 50.6 Å². The van der Waals surface area contributed by atoms with E-state index < -0.39 is 40.9 Å². The van der Waals surface area contributed by atoms with E-state index in [9.17, 15) is 25.2 Å². The van der Waals surface area contributed by atoms with Crippen LogP contribution in [0.15, 0.2) is 40.8 Å². The van der Waals surface area contributed by atoms with Crippen LogP contribution in [-0.2, 0) is 16.0 Å². The maximum atomic E-state index is 16.1. The first-order valence-electron chi connectivity index (χ1n) is 14.1. The number of nitrogens with zero attached hydrogens (tertiary/aromatic N) is 4. The minimum atomic E-state index is -1.38. The van der Waals surface area contributed by atoms with E-state index >= 15 is 4.39 Å². The molecule has 0 saturated carbocycles. The molecule has 1 aliphatic rings. The molecule has 0 bridgehead atoms. The first kappa shape index (κ1) is 34.8. The number of alkyl carbamates (subject to hydrolysis) is 1. The Bertz CT molecular complexity index is 1700. The first-order chi connectivity index (χ1) is 22.3. The van der Waals surface area contributed by atoms with Crippen molar-refractivity contribution in [3.63, 3.8) is 0 Å². The molecule has 17 heteroatoms. The van der Waals surface area contributed by atoms with Gasteiger partial charge in [-0.25, -0.2) is 24.4 Å². The monoisotopic (exact) mass is 671 g/mol. The Morgan fingerprint density at radius 1 is 1.28 bits per heavy atom. The highest BCUT2D eigenvalue weighted by molar-refractivity contribution is 7.12. The van der Waals surface area contributed by atoms with E-state index in [0.29, 0.717) is 11.3 Å². The molecule has 4 rings (SSSR count). The van der Waals surface area contributed by atoms with Crippen molar-refractivity contribution in [3.8, 4) is 17.6 Å². The SMILES string of the molecule is COC(=O)c1scnc1[N+]1([O-])CN=C(C(Nc2ccc(C#N)c(CNC(=O)OC(C)(C)C)c2)c2cc(OC)cc(OCCO)c2F)N1. The van der Waals surface area contributed by atoms with Crippen LogP contribution in [0.3, 0.4) is 0 Å². The van der Waals surface area contributed by atoms with Crippen LogP contribution in [0.5, 0.6) is 11.5 Å². The maximum Gasteiger partial charge on any atom is 0.407 e. The van der Waals surface area contributed by atoms with Crippen molar-refractivity contribution in [2.75, 3.05) is 39.4 Å². The number of methoxy groups -OCH3 is 2. The van der Waals surface area contributed by atoms with Crippen LogP contribution in [-0.4, -0.2) is 67.7 Å². The molecule has 0 radical (unpaired) electrons. The molecule has 47 heavy (non-hydrogen) atoms. The van der Waals surface area contributed by atoms with Crippen molar-refractivity contribution < 1.29 is 38.0 Å². The van der Waals surface area contributed by atoms with Crippen molar-refractivity contribution in [2.45, 2.75) is 39.0 Å². The third kappa shape index (κ3) is 8.23. The van der Waals surface area contributed by atoms with Gasteiger partial charge in [0.05, 0.1) is 38.0 Å². The molecule has 15 nitrogen and oxygen atoms in total. The normalized spacial score (nSPS) is 16.3. The fourth-order valence-electron chi connectivity index (χ4n) is 4.50. The number of carbonyl (C=O) groups is 2. The van der Waals surface area contributed by atoms with Gasteiger partial charge in [-0.15, -0.1) is 11.3 Å². The molecule has 2 heterocycles. The number of aliphatic hydroxyl groups is 1. The van der Waals surface area contributed by atoms with Crippen molar-refractivity contribution >= 4 is 40.7 Å². The van der Waals surface area contributed by atoms with Crippen LogP contribution >= 0.6 is 11.3 Å². The van der Waals surface area contributed by atoms with Gasteiger partial charge in [-0.3, -0.25) is 0 Å². The summed E-state index contributed by atoms with van der Waals surface area (Å²) in [6.07, 6.45) is -0.686. The second-order valence-corrected chi connectivity index (χ2v) is 11.9. The van der Waals surface area contributed by atoms with Crippen LogP contribution in [0, 0.1) is 22.4 Å². The summed E-state index contributed by atoms with van der Waals surface area (Å²) in [4.78, 5) is 33.1. The van der Waals surface area contributed by atoms with Gasteiger partial charge in [0.25, 0.3) is 5.82 Å². The molecular formula is C30H34FN7O8S. The lowest BCUT2D eigenvalue weighted by atomic mass is 10.0. The van der Waals surface area contributed by atoms with E-state index in [2.05, 4.69) is 32.1 Å². The van der Waals surface area contributed by atoms with E-state index in [0.717, 1.165) is 11.3 Å². The van der Waals surface area contributed by atoms with Crippen LogP contribution in [0.4, 0.5) is 20.7 Å². The lowest BCUT2D eigenvalue weighted by molar-refractivity contribution is 0.0522. The van der Waals surface area contributed by atoms with Crippen molar-refractivity contribution in [1.82, 2.24) is 20.5 Å². The van der Waals surface area contributed by atoms with Crippen LogP contribution in [0.1, 0.15) is 53.2 Å². The number of amidine groups is 1. The number of thiazole rings is 1. The molecule has 4 N–H and O–H groups in total. The van der Waals surface area contributed by atoms with Crippen molar-refractivity contribution in [3.05, 3.63) is 68.4 Å². The van der Waals surface area contributed by atoms with E-state index in [1.807, 2.05) is 0 Å². The fourth-order valence-corrected chi connectivity index (χ4v) is 5.24. The minimum Gasteiger partial charge on any atom is -0.598 e. The van der Waals surface area contributed by atoms with E-state index in [4.69, 9.17) is 18.9 Å². The number of hydrogen-bond donors (Lipinski definition) is 4. The average Bonchev–Trinajstić information content (AvgIpc) is 3.69. The van der Waals surface area contributed by atoms with Crippen molar-refractivity contribution in [1.29, 1.82) is 5.26 Å². The topological polar surface area (TPSA) is 199 Å². The fraction of sp³-hybridized carbons (Fsp3) is 0.367. The summed E-state index contributed by atoms with van der Waals surface area (Å²) >= 11 is 0.921. The summed E-state index contributed by atoms with van der Waals surface area (Å²) in [5, 5.41) is 38.7. The number of nitriles is 1. The molecular weight excluding hydrogens is 637 g/mol. The first-order valence-corrected chi connectivity index (χ1v) is 15.0. The minimum absolute atomic E-state index is 0.0260. The molecule has 0 saturated heterocycles. The largest absolute Gasteiger partial charge is 0.598 e. The second kappa shape index (κ2) is 14.6. The van der Waals surface area contributed by atoms with E-state index in [1.54, 1.807) is 32.9 Å². The highest BCUT2D eigenvalue weighted by Crippen LogP contribution is 2.36. The van der Waals surface area contributed by atoms with E-state index in [1.165, 1.54) is 37.9 Å². The molecule has 2 unspecified atom stereocenters. The molecule has 1 aliphatic heterocycles. The smallest absolute Gasteiger partial charge is 0.407 e. The maximum absolute atomic E-state index is 16.1. The lowest BCUT2D eigenvalue weighted by Crippen LogP contribution is -2.54. The van der Waals surface area contributed by atoms with Gasteiger partial charge in [0.15, 0.2) is 22.3 Å². The molecule has 1 aromatic heterocycles. The van der Waals surface area contributed by atoms with Gasteiger partial charge < -0.3 is 39.9 Å². The molecule has 3 aromatic rings. The Labute approximate surface area is 273 Å². The number of aliphatic imine (C=N–C) groups is 1. The van der Waals surface area contributed by atoms with Gasteiger partial charge in [-0.1, -0.05) is 0 Å². The summed E-state index contributed by atoms with van der Waals surface area (Å²) in [7, 11) is 2.55. The van der Waals surface area contributed by atoms with Gasteiger partial charge in [0.2, 0.25) is 6.67 Å². The van der Waals surface area contributed by atoms with Gasteiger partial charge in [-0.2, -0.15) is 15.0 Å². The number of esters is 1. The number of hydrogen-bond acceptors (Lipinski definition) is 14. The predicted molar refractivity (Wildman–Crippen MR) is 170 cm³/mol. The third-order valence-corrected chi connectivity index (χ3v) is 7.36. The summed E-state index contributed by atoms with van der Waals surface area (Å²) in [5.41, 5.74) is 4.30. The zero-order valence-electron chi connectivity index (χ0n) is 26.2. The quantitative estimate of drug-likeness (QED) is 0.123. The number of ether oxygens (including phenoxy) is 4. The number of anilines is 1. The number of carbonyl (C=O) groups excluding carboxylic acids is 2. The number of quaternary nitrogens is 1. The highest BCUT2D eigenvalue weighted by Gasteiger charge is 2.40. The standard InChI is InChI=1S/C30H34FN7O8S/c1-30(2,3)46-29(41)33-14-18-10-19(7-6-17(18)13-32)36-24(21-11-20(43-4)12-22(23(21)31)45-9-8-39)26-34-15-38(42,37-26)27-25(28(40)44-5)47-16-35-27/h6-7,10-12,16,24,36,39H,8-9,14-15H2,1-5H3,(H,33,41)(H,34,37). The molecule has 1 amide bonds. The number of nitrogens with one attached hydrogen (secondary N) is 3. The Kier molecular flexibility index (Phi) is 10.8. The molecule has 0 fully saturated rings. The number of hydroxylamine groups is 1. The number of rotatable bonds is 12. The third-order valence-electron chi connectivity index (χ3n) is 6.57. The zero-order valence-corrected chi connectivity index (χ0v) is 27.1. The van der Waals surface area contributed by atoms with Crippen molar-refractivity contribution in [2.24, 2.45) is 4.99 Å². The molecule has 2 aromatic carbocycles. The number of halogens is 1. The summed E-state index contributed by atoms with van der Waals surface area (Å²) < 4.78 is 35.6. The van der Waals surface area contributed by atoms with Crippen LogP contribution in [0.25, 0.3) is 0 Å². The van der Waals surface area contributed by atoms with Crippen LogP contribution in [0.2, 0.25) is 0 Å². The Morgan fingerprint density at radius 3 is 2.70 bits per heavy atom. The summed E-state index contributed by atoms with van der Waals surface area (Å²) in [5.74, 6) is -1.82. The molecule has 0 aliphatic carbocycles. The molecule has 0 spiro atoms. The lowest BCUT2D eigenvalue weighted by Gasteiger charge is -2.34. The summed E-state index contributed by atoms with van der Waals surface area (Å²) in [6.45, 7) is 4.05. The number of benzene rings is 2. The van der Waals surface area contributed by atoms with E-state index in [-0.39, 0.29) is 58.9 Å². The Balaban J connectivity index is 1.74. The molecule has 250 valence electrons.